The zero-order chi connectivity index (χ0) is 15.4. The molecule has 0 bridgehead atoms. The van der Waals surface area contributed by atoms with Crippen molar-refractivity contribution < 1.29 is 0 Å². The van der Waals surface area contributed by atoms with Crippen molar-refractivity contribution in [1.82, 2.24) is 15.5 Å². The Labute approximate surface area is 126 Å². The second-order valence-corrected chi connectivity index (χ2v) is 6.71. The molecule has 0 amide bonds. The average Bonchev–Trinajstić information content (AvgIpc) is 2.30. The van der Waals surface area contributed by atoms with E-state index in [9.17, 15) is 0 Å². The molecule has 0 unspecified atom stereocenters. The molecule has 0 aromatic carbocycles. The van der Waals surface area contributed by atoms with E-state index in [4.69, 9.17) is 0 Å². The van der Waals surface area contributed by atoms with Gasteiger partial charge in [0.25, 0.3) is 0 Å². The highest BCUT2D eigenvalue weighted by Gasteiger charge is 2.11. The minimum atomic E-state index is 0.0627. The summed E-state index contributed by atoms with van der Waals surface area (Å²) >= 11 is 0. The lowest BCUT2D eigenvalue weighted by atomic mass is 10.1. The van der Waals surface area contributed by atoms with Crippen LogP contribution in [0.4, 0.5) is 0 Å². The fraction of sp³-hybridized carbons (Fsp3) is 0.938. The second kappa shape index (κ2) is 11.0. The fourth-order valence-corrected chi connectivity index (χ4v) is 1.92. The minimum absolute atomic E-state index is 0.0627. The topological polar surface area (TPSA) is 39.7 Å². The van der Waals surface area contributed by atoms with Crippen LogP contribution in [0.1, 0.15) is 59.8 Å². The van der Waals surface area contributed by atoms with E-state index < -0.39 is 0 Å². The fourth-order valence-electron chi connectivity index (χ4n) is 1.92. The molecular formula is C16H36N4. The Balaban J connectivity index is 3.72. The van der Waals surface area contributed by atoms with Gasteiger partial charge in [-0.3, -0.25) is 4.99 Å². The first-order valence-corrected chi connectivity index (χ1v) is 8.06. The molecule has 0 atom stereocenters. The monoisotopic (exact) mass is 284 g/mol. The van der Waals surface area contributed by atoms with Gasteiger partial charge in [-0.15, -0.1) is 0 Å². The van der Waals surface area contributed by atoms with Gasteiger partial charge in [-0.05, 0) is 61.2 Å². The van der Waals surface area contributed by atoms with Crippen molar-refractivity contribution >= 4 is 5.96 Å². The molecule has 0 fully saturated rings. The van der Waals surface area contributed by atoms with Crippen LogP contribution in [0.2, 0.25) is 0 Å². The molecule has 0 saturated heterocycles. The molecule has 0 spiro atoms. The molecule has 0 aromatic heterocycles. The Morgan fingerprint density at radius 3 is 2.15 bits per heavy atom. The van der Waals surface area contributed by atoms with E-state index in [0.29, 0.717) is 0 Å². The maximum absolute atomic E-state index is 4.63. The number of rotatable bonds is 9. The summed E-state index contributed by atoms with van der Waals surface area (Å²) in [6.07, 6.45) is 6.44. The normalized spacial score (nSPS) is 12.8. The highest BCUT2D eigenvalue weighted by molar-refractivity contribution is 5.80. The van der Waals surface area contributed by atoms with Crippen LogP contribution in [0.15, 0.2) is 4.99 Å². The largest absolute Gasteiger partial charge is 0.357 e. The van der Waals surface area contributed by atoms with Gasteiger partial charge in [0.05, 0.1) is 0 Å². The maximum atomic E-state index is 4.63. The van der Waals surface area contributed by atoms with Crippen molar-refractivity contribution in [3.05, 3.63) is 0 Å². The lowest BCUT2D eigenvalue weighted by molar-refractivity contribution is 0.390. The van der Waals surface area contributed by atoms with Crippen LogP contribution in [0, 0.1) is 0 Å². The lowest BCUT2D eigenvalue weighted by Crippen LogP contribution is -2.47. The summed E-state index contributed by atoms with van der Waals surface area (Å²) in [6, 6.07) is 0. The highest BCUT2D eigenvalue weighted by atomic mass is 15.2. The summed E-state index contributed by atoms with van der Waals surface area (Å²) in [5, 5.41) is 6.71. The molecule has 0 radical (unpaired) electrons. The number of unbranched alkanes of at least 4 members (excludes halogenated alkanes) is 4. The van der Waals surface area contributed by atoms with Crippen LogP contribution in [0.25, 0.3) is 0 Å². The van der Waals surface area contributed by atoms with Gasteiger partial charge in [0.2, 0.25) is 0 Å². The Kier molecular flexibility index (Phi) is 10.5. The summed E-state index contributed by atoms with van der Waals surface area (Å²) in [5.41, 5.74) is 0.0627. The van der Waals surface area contributed by atoms with Crippen molar-refractivity contribution in [2.75, 3.05) is 33.7 Å². The quantitative estimate of drug-likeness (QED) is 0.388. The Morgan fingerprint density at radius 2 is 1.60 bits per heavy atom. The Hall–Kier alpha value is -0.770. The summed E-state index contributed by atoms with van der Waals surface area (Å²) in [6.45, 7) is 11.6. The summed E-state index contributed by atoms with van der Waals surface area (Å²) < 4.78 is 0. The van der Waals surface area contributed by atoms with E-state index in [2.05, 4.69) is 62.3 Å². The van der Waals surface area contributed by atoms with Gasteiger partial charge in [0.1, 0.15) is 0 Å². The first-order chi connectivity index (χ1) is 9.35. The van der Waals surface area contributed by atoms with Crippen LogP contribution in [-0.2, 0) is 0 Å². The van der Waals surface area contributed by atoms with E-state index >= 15 is 0 Å². The first-order valence-electron chi connectivity index (χ1n) is 8.06. The standard InChI is InChI=1S/C16H36N4/c1-7-17-15(19-16(2,3)4)18-13-11-9-8-10-12-14-20(5)6/h7-14H2,1-6H3,(H2,17,18,19). The number of hydrogen-bond acceptors (Lipinski definition) is 2. The van der Waals surface area contributed by atoms with Gasteiger partial charge in [-0.2, -0.15) is 0 Å². The molecule has 0 aliphatic heterocycles. The van der Waals surface area contributed by atoms with Crippen molar-refractivity contribution in [3.8, 4) is 0 Å². The van der Waals surface area contributed by atoms with E-state index in [0.717, 1.165) is 19.0 Å². The molecule has 0 rings (SSSR count). The van der Waals surface area contributed by atoms with E-state index in [-0.39, 0.29) is 5.54 Å². The zero-order valence-electron chi connectivity index (χ0n) is 14.6. The molecule has 120 valence electrons. The van der Waals surface area contributed by atoms with Crippen LogP contribution in [0.5, 0.6) is 0 Å². The molecule has 4 nitrogen and oxygen atoms in total. The molecule has 0 aliphatic carbocycles. The third kappa shape index (κ3) is 13.7. The maximum Gasteiger partial charge on any atom is 0.191 e. The molecule has 0 heterocycles. The molecule has 0 aliphatic rings. The van der Waals surface area contributed by atoms with E-state index in [1.165, 1.54) is 38.6 Å². The summed E-state index contributed by atoms with van der Waals surface area (Å²) in [5.74, 6) is 0.938. The predicted octanol–water partition coefficient (Wildman–Crippen LogP) is 2.85. The Morgan fingerprint density at radius 1 is 1.00 bits per heavy atom. The van der Waals surface area contributed by atoms with Crippen molar-refractivity contribution in [1.29, 1.82) is 0 Å². The Bertz CT molecular complexity index is 254. The summed E-state index contributed by atoms with van der Waals surface area (Å²) in [4.78, 5) is 6.89. The molecular weight excluding hydrogens is 248 g/mol. The number of hydrogen-bond donors (Lipinski definition) is 2. The van der Waals surface area contributed by atoms with Crippen LogP contribution in [-0.4, -0.2) is 50.1 Å². The van der Waals surface area contributed by atoms with Crippen molar-refractivity contribution in [3.63, 3.8) is 0 Å². The smallest absolute Gasteiger partial charge is 0.191 e. The van der Waals surface area contributed by atoms with Gasteiger partial charge in [0.15, 0.2) is 5.96 Å². The number of nitrogens with zero attached hydrogens (tertiary/aromatic N) is 2. The first kappa shape index (κ1) is 19.2. The molecule has 2 N–H and O–H groups in total. The molecule has 0 saturated carbocycles. The SMILES string of the molecule is CCNC(=NCCCCCCCN(C)C)NC(C)(C)C. The number of nitrogens with one attached hydrogen (secondary N) is 2. The van der Waals surface area contributed by atoms with E-state index in [1.54, 1.807) is 0 Å². The van der Waals surface area contributed by atoms with Crippen molar-refractivity contribution in [2.45, 2.75) is 65.3 Å². The van der Waals surface area contributed by atoms with Gasteiger partial charge < -0.3 is 15.5 Å². The molecule has 0 aromatic rings. The van der Waals surface area contributed by atoms with Gasteiger partial charge in [-0.1, -0.05) is 19.3 Å². The van der Waals surface area contributed by atoms with Crippen LogP contribution >= 0.6 is 0 Å². The predicted molar refractivity (Wildman–Crippen MR) is 90.5 cm³/mol. The zero-order valence-corrected chi connectivity index (χ0v) is 14.6. The average molecular weight is 284 g/mol. The van der Waals surface area contributed by atoms with Crippen LogP contribution < -0.4 is 10.6 Å². The van der Waals surface area contributed by atoms with Crippen molar-refractivity contribution in [2.24, 2.45) is 4.99 Å². The van der Waals surface area contributed by atoms with E-state index in [1.807, 2.05) is 0 Å². The molecule has 20 heavy (non-hydrogen) atoms. The third-order valence-electron chi connectivity index (χ3n) is 2.87. The third-order valence-corrected chi connectivity index (χ3v) is 2.87. The van der Waals surface area contributed by atoms with Gasteiger partial charge in [0, 0.05) is 18.6 Å². The second-order valence-electron chi connectivity index (χ2n) is 6.71. The number of aliphatic imine (C=N–C) groups is 1. The lowest BCUT2D eigenvalue weighted by Gasteiger charge is -2.23. The number of guanidine groups is 1. The molecule has 4 heteroatoms. The minimum Gasteiger partial charge on any atom is -0.357 e. The van der Waals surface area contributed by atoms with Gasteiger partial charge in [-0.25, -0.2) is 0 Å². The van der Waals surface area contributed by atoms with Gasteiger partial charge >= 0.3 is 0 Å². The van der Waals surface area contributed by atoms with Crippen LogP contribution in [0.3, 0.4) is 0 Å². The highest BCUT2D eigenvalue weighted by Crippen LogP contribution is 2.04. The summed E-state index contributed by atoms with van der Waals surface area (Å²) in [7, 11) is 4.28.